The number of nitrogens with one attached hydrogen (secondary N) is 1. The zero-order valence-corrected chi connectivity index (χ0v) is 17.4. The predicted molar refractivity (Wildman–Crippen MR) is 111 cm³/mol. The Kier molecular flexibility index (Phi) is 6.71. The number of hydrogen-bond donors (Lipinski definition) is 1. The van der Waals surface area contributed by atoms with Crippen LogP contribution in [-0.2, 0) is 11.2 Å². The van der Waals surface area contributed by atoms with E-state index in [0.29, 0.717) is 22.4 Å². The molecule has 1 saturated heterocycles. The van der Waals surface area contributed by atoms with E-state index in [1.807, 2.05) is 0 Å². The smallest absolute Gasteiger partial charge is 0.297 e. The normalized spacial score (nSPS) is 24.0. The summed E-state index contributed by atoms with van der Waals surface area (Å²) in [7, 11) is 0. The molecule has 3 atom stereocenters. The van der Waals surface area contributed by atoms with Gasteiger partial charge in [0.15, 0.2) is 0 Å². The Balaban J connectivity index is 1.76. The van der Waals surface area contributed by atoms with Crippen molar-refractivity contribution in [3.63, 3.8) is 0 Å². The molecule has 31 heavy (non-hydrogen) atoms. The first-order valence-electron chi connectivity index (χ1n) is 10.1. The van der Waals surface area contributed by atoms with E-state index in [2.05, 4.69) is 4.72 Å². The van der Waals surface area contributed by atoms with Crippen molar-refractivity contribution in [2.75, 3.05) is 13.2 Å². The van der Waals surface area contributed by atoms with Crippen LogP contribution in [0.4, 0.5) is 17.6 Å². The van der Waals surface area contributed by atoms with E-state index >= 15 is 4.39 Å². The molecule has 1 N–H and O–H groups in total. The second-order valence-corrected chi connectivity index (χ2v) is 8.39. The van der Waals surface area contributed by atoms with Crippen LogP contribution in [0.2, 0.25) is 0 Å². The van der Waals surface area contributed by atoms with Gasteiger partial charge >= 0.3 is 0 Å². The van der Waals surface area contributed by atoms with Crippen LogP contribution >= 0.6 is 11.9 Å². The number of benzene rings is 2. The quantitative estimate of drug-likeness (QED) is 0.544. The third-order valence-electron chi connectivity index (χ3n) is 5.72. The van der Waals surface area contributed by atoms with Crippen molar-refractivity contribution >= 4 is 17.9 Å². The number of amides is 1. The SMILES string of the molecule is O=C1CCOc2ccccc2-c2cccc(c2F)CC2C(NSC(F)F)C(F)CCN12. The number of halogens is 4. The number of rotatable bonds is 3. The summed E-state index contributed by atoms with van der Waals surface area (Å²) >= 11 is 0.117. The Morgan fingerprint density at radius 1 is 1.13 bits per heavy atom. The third kappa shape index (κ3) is 4.67. The molecule has 2 aromatic carbocycles. The minimum absolute atomic E-state index is 0.0102. The van der Waals surface area contributed by atoms with Crippen molar-refractivity contribution in [2.45, 2.75) is 43.3 Å². The van der Waals surface area contributed by atoms with Gasteiger partial charge in [-0.2, -0.15) is 8.78 Å². The first-order chi connectivity index (χ1) is 15.0. The van der Waals surface area contributed by atoms with E-state index in [9.17, 15) is 18.0 Å². The van der Waals surface area contributed by atoms with E-state index in [1.54, 1.807) is 42.5 Å². The summed E-state index contributed by atoms with van der Waals surface area (Å²) in [5.41, 5.74) is 1.19. The van der Waals surface area contributed by atoms with E-state index in [0.717, 1.165) is 0 Å². The van der Waals surface area contributed by atoms with Gasteiger partial charge in [-0.25, -0.2) is 8.78 Å². The van der Waals surface area contributed by atoms with Gasteiger partial charge in [0.25, 0.3) is 5.76 Å². The number of carbonyl (C=O) groups is 1. The lowest BCUT2D eigenvalue weighted by Crippen LogP contribution is -2.60. The molecular formula is C22H22F4N2O2S. The highest BCUT2D eigenvalue weighted by atomic mass is 32.2. The van der Waals surface area contributed by atoms with Crippen LogP contribution in [0.25, 0.3) is 11.1 Å². The summed E-state index contributed by atoms with van der Waals surface area (Å²) in [5.74, 6) is -3.04. The van der Waals surface area contributed by atoms with Crippen LogP contribution in [0.15, 0.2) is 42.5 Å². The highest BCUT2D eigenvalue weighted by molar-refractivity contribution is 7.97. The molecule has 2 aromatic rings. The Labute approximate surface area is 182 Å². The second kappa shape index (κ2) is 9.48. The van der Waals surface area contributed by atoms with Crippen molar-refractivity contribution in [3.8, 4) is 16.9 Å². The zero-order chi connectivity index (χ0) is 22.0. The van der Waals surface area contributed by atoms with Gasteiger partial charge in [-0.05, 0) is 36.4 Å². The van der Waals surface area contributed by atoms with Crippen molar-refractivity contribution in [3.05, 3.63) is 53.8 Å². The first kappa shape index (κ1) is 22.0. The second-order valence-electron chi connectivity index (χ2n) is 7.56. The number of fused-ring (bicyclic) bond motifs is 5. The summed E-state index contributed by atoms with van der Waals surface area (Å²) in [4.78, 5) is 14.4. The summed E-state index contributed by atoms with van der Waals surface area (Å²) in [6.07, 6.45) is -1.35. The zero-order valence-electron chi connectivity index (χ0n) is 16.6. The lowest BCUT2D eigenvalue weighted by atomic mass is 9.88. The van der Waals surface area contributed by atoms with Crippen molar-refractivity contribution in [2.24, 2.45) is 0 Å². The van der Waals surface area contributed by atoms with Crippen LogP contribution < -0.4 is 9.46 Å². The average molecular weight is 454 g/mol. The number of nitrogens with zero attached hydrogens (tertiary/aromatic N) is 1. The van der Waals surface area contributed by atoms with E-state index in [1.165, 1.54) is 4.90 Å². The highest BCUT2D eigenvalue weighted by Crippen LogP contribution is 2.35. The maximum absolute atomic E-state index is 15.5. The molecule has 1 amide bonds. The molecule has 9 heteroatoms. The minimum atomic E-state index is -2.74. The van der Waals surface area contributed by atoms with Gasteiger partial charge in [-0.1, -0.05) is 36.4 Å². The monoisotopic (exact) mass is 454 g/mol. The molecule has 0 spiro atoms. The fourth-order valence-corrected chi connectivity index (χ4v) is 4.81. The molecule has 0 aliphatic carbocycles. The molecule has 0 aromatic heterocycles. The molecule has 0 radical (unpaired) electrons. The number of carbonyl (C=O) groups excluding carboxylic acids is 1. The average Bonchev–Trinajstić information content (AvgIpc) is 2.74. The Morgan fingerprint density at radius 2 is 1.90 bits per heavy atom. The summed E-state index contributed by atoms with van der Waals surface area (Å²) < 4.78 is 64.1. The van der Waals surface area contributed by atoms with Crippen LogP contribution in [0.3, 0.4) is 0 Å². The van der Waals surface area contributed by atoms with E-state index < -0.39 is 29.8 Å². The van der Waals surface area contributed by atoms with Crippen LogP contribution in [0, 0.1) is 5.82 Å². The largest absolute Gasteiger partial charge is 0.492 e. The molecular weight excluding hydrogens is 432 g/mol. The number of ether oxygens (including phenoxy) is 1. The summed E-state index contributed by atoms with van der Waals surface area (Å²) in [5, 5.41) is 0. The maximum atomic E-state index is 15.5. The number of piperidine rings is 1. The molecule has 3 unspecified atom stereocenters. The van der Waals surface area contributed by atoms with Crippen LogP contribution in [0.1, 0.15) is 18.4 Å². The lowest BCUT2D eigenvalue weighted by molar-refractivity contribution is -0.137. The summed E-state index contributed by atoms with van der Waals surface area (Å²) in [6, 6.07) is 10.0. The lowest BCUT2D eigenvalue weighted by Gasteiger charge is -2.43. The van der Waals surface area contributed by atoms with Crippen LogP contribution in [-0.4, -0.2) is 48.0 Å². The molecule has 1 fully saturated rings. The molecule has 0 saturated carbocycles. The standard InChI is InChI=1S/C22H22F4N2O2S/c23-16-8-10-28-17(21(16)27-31-22(25)26)12-13-4-3-6-15(20(13)24)14-5-1-2-7-18(14)30-11-9-19(28)29/h1-7,16-17,21-22,27H,8-12H2. The van der Waals surface area contributed by atoms with Gasteiger partial charge in [0.2, 0.25) is 5.91 Å². The van der Waals surface area contributed by atoms with Gasteiger partial charge in [0.1, 0.15) is 17.7 Å². The maximum Gasteiger partial charge on any atom is 0.297 e. The molecule has 4 nitrogen and oxygen atoms in total. The number of alkyl halides is 3. The van der Waals surface area contributed by atoms with Gasteiger partial charge in [0.05, 0.1) is 25.1 Å². The highest BCUT2D eigenvalue weighted by Gasteiger charge is 2.41. The van der Waals surface area contributed by atoms with E-state index in [4.69, 9.17) is 4.74 Å². The van der Waals surface area contributed by atoms with Gasteiger partial charge < -0.3 is 9.64 Å². The fourth-order valence-electron chi connectivity index (χ4n) is 4.25. The number of para-hydroxylation sites is 1. The summed E-state index contributed by atoms with van der Waals surface area (Å²) in [6.45, 7) is 0.212. The van der Waals surface area contributed by atoms with Crippen molar-refractivity contribution in [1.82, 2.24) is 9.62 Å². The van der Waals surface area contributed by atoms with Crippen LogP contribution in [0.5, 0.6) is 5.75 Å². The van der Waals surface area contributed by atoms with Gasteiger partial charge in [-0.3, -0.25) is 9.52 Å². The Bertz CT molecular complexity index is 945. The first-order valence-corrected chi connectivity index (χ1v) is 11.0. The number of hydrogen-bond acceptors (Lipinski definition) is 4. The van der Waals surface area contributed by atoms with Crippen molar-refractivity contribution in [1.29, 1.82) is 0 Å². The third-order valence-corrected chi connectivity index (χ3v) is 6.31. The Morgan fingerprint density at radius 3 is 2.71 bits per heavy atom. The predicted octanol–water partition coefficient (Wildman–Crippen LogP) is 4.59. The molecule has 2 heterocycles. The minimum Gasteiger partial charge on any atom is -0.492 e. The van der Waals surface area contributed by atoms with Gasteiger partial charge in [-0.15, -0.1) is 0 Å². The Hall–Kier alpha value is -2.26. The van der Waals surface area contributed by atoms with Crippen molar-refractivity contribution < 1.29 is 27.1 Å². The molecule has 2 bridgehead atoms. The molecule has 2 aliphatic rings. The molecule has 2 aliphatic heterocycles. The van der Waals surface area contributed by atoms with E-state index in [-0.39, 0.29) is 50.3 Å². The van der Waals surface area contributed by atoms with Gasteiger partial charge in [0, 0.05) is 17.7 Å². The topological polar surface area (TPSA) is 41.6 Å². The molecule has 166 valence electrons. The molecule has 4 rings (SSSR count). The fraction of sp³-hybridized carbons (Fsp3) is 0.409.